The molecule has 0 radical (unpaired) electrons. The van der Waals surface area contributed by atoms with Gasteiger partial charge in [0.15, 0.2) is 0 Å². The Balaban J connectivity index is 2.50. The molecule has 0 fully saturated rings. The molecule has 0 aromatic heterocycles. The molecular weight excluding hydrogens is 228 g/mol. The first kappa shape index (κ1) is 12.3. The number of hydrazine groups is 1. The van der Waals surface area contributed by atoms with E-state index in [1.54, 1.807) is 30.3 Å². The smallest absolute Gasteiger partial charge is 0.262 e. The predicted octanol–water partition coefficient (Wildman–Crippen LogP) is 1.52. The Morgan fingerprint density at radius 2 is 1.81 bits per heavy atom. The van der Waals surface area contributed by atoms with E-state index in [-0.39, 0.29) is 5.91 Å². The molecule has 0 unspecified atom stereocenters. The highest BCUT2D eigenvalue weighted by atomic mass is 35.5. The van der Waals surface area contributed by atoms with Crippen LogP contribution in [0.15, 0.2) is 30.3 Å². The fourth-order valence-corrected chi connectivity index (χ4v) is 1.06. The van der Waals surface area contributed by atoms with Crippen LogP contribution in [0.3, 0.4) is 0 Å². The summed E-state index contributed by atoms with van der Waals surface area (Å²) < 4.78 is 0. The standard InChI is InChI=1S/C11H11ClN2O2/c1-8(15)13-14-11(16)7-4-9-2-5-10(12)6-3-9/h2-7H,1H3,(H,13,15)(H,14,16)/b7-4+. The number of hydrogen-bond acceptors (Lipinski definition) is 2. The van der Waals surface area contributed by atoms with Crippen LogP contribution >= 0.6 is 11.6 Å². The van der Waals surface area contributed by atoms with Crippen molar-refractivity contribution in [3.63, 3.8) is 0 Å². The van der Waals surface area contributed by atoms with Crippen LogP contribution < -0.4 is 10.9 Å². The maximum atomic E-state index is 11.1. The monoisotopic (exact) mass is 238 g/mol. The Hall–Kier alpha value is -1.81. The van der Waals surface area contributed by atoms with Crippen molar-refractivity contribution in [1.82, 2.24) is 10.9 Å². The van der Waals surface area contributed by atoms with Crippen LogP contribution in [0, 0.1) is 0 Å². The third kappa shape index (κ3) is 4.61. The van der Waals surface area contributed by atoms with Gasteiger partial charge in [-0.05, 0) is 23.8 Å². The summed E-state index contributed by atoms with van der Waals surface area (Å²) in [6, 6.07) is 7.02. The lowest BCUT2D eigenvalue weighted by molar-refractivity contribution is -0.125. The highest BCUT2D eigenvalue weighted by molar-refractivity contribution is 6.30. The van der Waals surface area contributed by atoms with Gasteiger partial charge in [-0.3, -0.25) is 20.4 Å². The van der Waals surface area contributed by atoms with Gasteiger partial charge in [0, 0.05) is 18.0 Å². The number of rotatable bonds is 2. The lowest BCUT2D eigenvalue weighted by Gasteiger charge is -2.00. The summed E-state index contributed by atoms with van der Waals surface area (Å²) in [6.45, 7) is 1.31. The molecule has 0 spiro atoms. The molecule has 2 N–H and O–H groups in total. The van der Waals surface area contributed by atoms with Gasteiger partial charge in [-0.2, -0.15) is 0 Å². The fraction of sp³-hybridized carbons (Fsp3) is 0.0909. The normalized spacial score (nSPS) is 10.1. The molecule has 5 heteroatoms. The van der Waals surface area contributed by atoms with Gasteiger partial charge in [0.1, 0.15) is 0 Å². The summed E-state index contributed by atoms with van der Waals surface area (Å²) in [5, 5.41) is 0.639. The molecule has 16 heavy (non-hydrogen) atoms. The minimum atomic E-state index is -0.398. The molecule has 1 aromatic carbocycles. The van der Waals surface area contributed by atoms with Crippen LogP contribution in [0.4, 0.5) is 0 Å². The van der Waals surface area contributed by atoms with Crippen LogP contribution in [0.2, 0.25) is 5.02 Å². The number of halogens is 1. The maximum absolute atomic E-state index is 11.1. The lowest BCUT2D eigenvalue weighted by Crippen LogP contribution is -2.39. The molecule has 0 saturated carbocycles. The summed E-state index contributed by atoms with van der Waals surface area (Å²) in [6.07, 6.45) is 2.94. The van der Waals surface area contributed by atoms with Gasteiger partial charge in [0.25, 0.3) is 5.91 Å². The van der Waals surface area contributed by atoms with E-state index in [4.69, 9.17) is 11.6 Å². The van der Waals surface area contributed by atoms with Gasteiger partial charge in [0.05, 0.1) is 0 Å². The first-order valence-electron chi connectivity index (χ1n) is 4.58. The molecule has 4 nitrogen and oxygen atoms in total. The largest absolute Gasteiger partial charge is 0.274 e. The van der Waals surface area contributed by atoms with E-state index in [0.717, 1.165) is 5.56 Å². The van der Waals surface area contributed by atoms with Crippen molar-refractivity contribution in [1.29, 1.82) is 0 Å². The second kappa shape index (κ2) is 5.92. The van der Waals surface area contributed by atoms with Gasteiger partial charge in [0.2, 0.25) is 5.91 Å². The van der Waals surface area contributed by atoms with Gasteiger partial charge in [-0.15, -0.1) is 0 Å². The van der Waals surface area contributed by atoms with E-state index >= 15 is 0 Å². The van der Waals surface area contributed by atoms with Crippen molar-refractivity contribution < 1.29 is 9.59 Å². The molecule has 0 heterocycles. The molecular formula is C11H11ClN2O2. The number of amides is 2. The van der Waals surface area contributed by atoms with Crippen LogP contribution in [0.25, 0.3) is 6.08 Å². The number of nitrogens with one attached hydrogen (secondary N) is 2. The fourth-order valence-electron chi connectivity index (χ4n) is 0.937. The van der Waals surface area contributed by atoms with Crippen LogP contribution in [0.5, 0.6) is 0 Å². The number of carbonyl (C=O) groups excluding carboxylic acids is 2. The minimum absolute atomic E-state index is 0.326. The molecule has 84 valence electrons. The summed E-state index contributed by atoms with van der Waals surface area (Å²) in [7, 11) is 0. The minimum Gasteiger partial charge on any atom is -0.274 e. The van der Waals surface area contributed by atoms with Crippen LogP contribution in [0.1, 0.15) is 12.5 Å². The van der Waals surface area contributed by atoms with Crippen molar-refractivity contribution >= 4 is 29.5 Å². The number of benzene rings is 1. The zero-order chi connectivity index (χ0) is 12.0. The van der Waals surface area contributed by atoms with E-state index in [2.05, 4.69) is 10.9 Å². The van der Waals surface area contributed by atoms with Crippen LogP contribution in [-0.4, -0.2) is 11.8 Å². The molecule has 0 atom stereocenters. The SMILES string of the molecule is CC(=O)NNC(=O)/C=C/c1ccc(Cl)cc1. The molecule has 0 aliphatic carbocycles. The molecule has 1 aromatic rings. The zero-order valence-electron chi connectivity index (χ0n) is 8.66. The first-order valence-corrected chi connectivity index (χ1v) is 4.96. The molecule has 0 bridgehead atoms. The van der Waals surface area contributed by atoms with Gasteiger partial charge in [-0.1, -0.05) is 23.7 Å². The molecule has 0 saturated heterocycles. The van der Waals surface area contributed by atoms with E-state index in [1.807, 2.05) is 0 Å². The van der Waals surface area contributed by atoms with Crippen LogP contribution in [-0.2, 0) is 9.59 Å². The highest BCUT2D eigenvalue weighted by Gasteiger charge is 1.95. The summed E-state index contributed by atoms with van der Waals surface area (Å²) in [5.41, 5.74) is 5.24. The van der Waals surface area contributed by atoms with E-state index in [0.29, 0.717) is 5.02 Å². The molecule has 0 aliphatic rings. The van der Waals surface area contributed by atoms with Crippen molar-refractivity contribution in [3.8, 4) is 0 Å². The molecule has 2 amide bonds. The van der Waals surface area contributed by atoms with Gasteiger partial charge in [-0.25, -0.2) is 0 Å². The predicted molar refractivity (Wildman–Crippen MR) is 62.4 cm³/mol. The van der Waals surface area contributed by atoms with Crippen molar-refractivity contribution in [2.45, 2.75) is 6.92 Å². The van der Waals surface area contributed by atoms with E-state index < -0.39 is 5.91 Å². The second-order valence-electron chi connectivity index (χ2n) is 3.06. The maximum Gasteiger partial charge on any atom is 0.262 e. The van der Waals surface area contributed by atoms with Crippen molar-refractivity contribution in [2.24, 2.45) is 0 Å². The quantitative estimate of drug-likeness (QED) is 0.606. The van der Waals surface area contributed by atoms with E-state index in [1.165, 1.54) is 13.0 Å². The van der Waals surface area contributed by atoms with Gasteiger partial charge >= 0.3 is 0 Å². The zero-order valence-corrected chi connectivity index (χ0v) is 9.41. The topological polar surface area (TPSA) is 58.2 Å². The second-order valence-corrected chi connectivity index (χ2v) is 3.49. The Morgan fingerprint density at radius 1 is 1.19 bits per heavy atom. The third-order valence-electron chi connectivity index (χ3n) is 1.66. The Labute approximate surface area is 98.3 Å². The van der Waals surface area contributed by atoms with Crippen molar-refractivity contribution in [2.75, 3.05) is 0 Å². The van der Waals surface area contributed by atoms with E-state index in [9.17, 15) is 9.59 Å². The first-order chi connectivity index (χ1) is 7.58. The number of hydrogen-bond donors (Lipinski definition) is 2. The highest BCUT2D eigenvalue weighted by Crippen LogP contribution is 2.10. The Kier molecular flexibility index (Phi) is 4.54. The summed E-state index contributed by atoms with van der Waals surface area (Å²) in [4.78, 5) is 21.6. The molecule has 1 rings (SSSR count). The van der Waals surface area contributed by atoms with Crippen molar-refractivity contribution in [3.05, 3.63) is 40.9 Å². The lowest BCUT2D eigenvalue weighted by atomic mass is 10.2. The molecule has 0 aliphatic heterocycles. The summed E-state index contributed by atoms with van der Waals surface area (Å²) >= 11 is 5.71. The average molecular weight is 239 g/mol. The summed E-state index contributed by atoms with van der Waals surface area (Å²) in [5.74, 6) is -0.724. The Bertz CT molecular complexity index is 412. The van der Waals surface area contributed by atoms with Gasteiger partial charge < -0.3 is 0 Å². The third-order valence-corrected chi connectivity index (χ3v) is 1.91. The Morgan fingerprint density at radius 3 is 2.38 bits per heavy atom. The number of carbonyl (C=O) groups is 2. The average Bonchev–Trinajstić information content (AvgIpc) is 2.25.